The maximum absolute atomic E-state index is 5.37. The van der Waals surface area contributed by atoms with Gasteiger partial charge in [0.15, 0.2) is 5.82 Å². The number of nitrogens with zero attached hydrogens (tertiary/aromatic N) is 4. The molecule has 1 aliphatic rings. The maximum Gasteiger partial charge on any atom is 0.165 e. The summed E-state index contributed by atoms with van der Waals surface area (Å²) in [4.78, 5) is 10.7. The molecule has 0 atom stereocenters. The van der Waals surface area contributed by atoms with Crippen LogP contribution in [0.5, 0.6) is 0 Å². The molecule has 12 rings (SSSR count). The van der Waals surface area contributed by atoms with Crippen LogP contribution in [-0.4, -0.2) is 19.1 Å². The van der Waals surface area contributed by atoms with Crippen LogP contribution < -0.4 is 0 Å². The van der Waals surface area contributed by atoms with Crippen molar-refractivity contribution in [2.45, 2.75) is 0 Å². The molecule has 11 aromatic rings. The first kappa shape index (κ1) is 27.7. The SMILES string of the molecule is c1ccc(-n2c3ccccc3c3cc(-c4cc5c6c(c4)c4c7ccccc7ccc4n6-c4nc6ccccc6nc4-c4ccccc4-5)ccc32)cc1. The minimum atomic E-state index is 0.864. The van der Waals surface area contributed by atoms with Crippen LogP contribution in [-0.2, 0) is 0 Å². The van der Waals surface area contributed by atoms with E-state index in [4.69, 9.17) is 9.97 Å². The summed E-state index contributed by atoms with van der Waals surface area (Å²) in [5.41, 5.74) is 14.3. The predicted molar refractivity (Wildman–Crippen MR) is 216 cm³/mol. The Labute approximate surface area is 298 Å². The van der Waals surface area contributed by atoms with Gasteiger partial charge < -0.3 is 4.57 Å². The molecule has 0 N–H and O–H groups in total. The van der Waals surface area contributed by atoms with Crippen molar-refractivity contribution in [1.82, 2.24) is 19.1 Å². The molecule has 0 saturated heterocycles. The van der Waals surface area contributed by atoms with E-state index in [1.54, 1.807) is 0 Å². The van der Waals surface area contributed by atoms with Crippen molar-refractivity contribution in [3.05, 3.63) is 170 Å². The van der Waals surface area contributed by atoms with Crippen molar-refractivity contribution < 1.29 is 0 Å². The van der Waals surface area contributed by atoms with Crippen LogP contribution in [0, 0.1) is 0 Å². The Morgan fingerprint density at radius 1 is 0.385 bits per heavy atom. The molecule has 0 aliphatic carbocycles. The second-order valence-electron chi connectivity index (χ2n) is 13.8. The summed E-state index contributed by atoms with van der Waals surface area (Å²) in [6.45, 7) is 0. The summed E-state index contributed by atoms with van der Waals surface area (Å²) in [6.07, 6.45) is 0. The first-order valence-electron chi connectivity index (χ1n) is 17.8. The van der Waals surface area contributed by atoms with Gasteiger partial charge in [0.25, 0.3) is 0 Å². The van der Waals surface area contributed by atoms with Crippen molar-refractivity contribution >= 4 is 65.4 Å². The standard InChI is InChI=1S/C48H28N4/c1-2-13-32(14-3-1)51-42-21-11-8-17-35(42)37-26-30(23-24-43(37)51)31-27-38-34-16-6-7-18-36(34)46-48(50-41-20-10-9-19-40(41)49-46)52-44-25-22-29-12-4-5-15-33(29)45(44)39(28-31)47(38)52/h1-28H. The third-order valence-corrected chi connectivity index (χ3v) is 11.0. The van der Waals surface area contributed by atoms with Crippen LogP contribution in [0.3, 0.4) is 0 Å². The second-order valence-corrected chi connectivity index (χ2v) is 13.8. The van der Waals surface area contributed by atoms with Gasteiger partial charge in [-0.1, -0.05) is 109 Å². The Kier molecular flexibility index (Phi) is 5.47. The average Bonchev–Trinajstić information content (AvgIpc) is 3.69. The van der Waals surface area contributed by atoms with Crippen molar-refractivity contribution in [3.8, 4) is 45.0 Å². The molecule has 4 heterocycles. The molecule has 240 valence electrons. The molecule has 4 nitrogen and oxygen atoms in total. The summed E-state index contributed by atoms with van der Waals surface area (Å²) < 4.78 is 4.75. The molecular formula is C48H28N4. The second kappa shape index (κ2) is 10.3. The van der Waals surface area contributed by atoms with E-state index in [9.17, 15) is 0 Å². The first-order chi connectivity index (χ1) is 25.8. The molecule has 0 bridgehead atoms. The topological polar surface area (TPSA) is 35.6 Å². The highest BCUT2D eigenvalue weighted by atomic mass is 15.1. The number of benzene rings is 8. The zero-order chi connectivity index (χ0) is 33.9. The molecule has 0 saturated carbocycles. The van der Waals surface area contributed by atoms with Crippen LogP contribution in [0.1, 0.15) is 0 Å². The van der Waals surface area contributed by atoms with E-state index in [0.29, 0.717) is 0 Å². The number of fused-ring (bicyclic) bond motifs is 14. The lowest BCUT2D eigenvalue weighted by Crippen LogP contribution is -2.02. The smallest absolute Gasteiger partial charge is 0.165 e. The van der Waals surface area contributed by atoms with Crippen LogP contribution in [0.4, 0.5) is 0 Å². The van der Waals surface area contributed by atoms with Crippen molar-refractivity contribution in [3.63, 3.8) is 0 Å². The van der Waals surface area contributed by atoms with E-state index in [0.717, 1.165) is 50.4 Å². The van der Waals surface area contributed by atoms with E-state index in [2.05, 4.69) is 167 Å². The van der Waals surface area contributed by atoms with Gasteiger partial charge in [-0.15, -0.1) is 0 Å². The molecule has 0 amide bonds. The molecule has 3 aromatic heterocycles. The summed E-state index contributed by atoms with van der Waals surface area (Å²) in [5.74, 6) is 0.864. The van der Waals surface area contributed by atoms with Gasteiger partial charge in [0, 0.05) is 38.4 Å². The fourth-order valence-electron chi connectivity index (χ4n) is 8.77. The molecule has 52 heavy (non-hydrogen) atoms. The quantitative estimate of drug-likeness (QED) is 0.185. The third-order valence-electron chi connectivity index (χ3n) is 11.0. The van der Waals surface area contributed by atoms with Crippen molar-refractivity contribution in [2.24, 2.45) is 0 Å². The maximum atomic E-state index is 5.37. The van der Waals surface area contributed by atoms with Gasteiger partial charge in [-0.2, -0.15) is 0 Å². The normalized spacial score (nSPS) is 12.2. The van der Waals surface area contributed by atoms with Crippen LogP contribution in [0.25, 0.3) is 110 Å². The van der Waals surface area contributed by atoms with Gasteiger partial charge in [0.05, 0.1) is 33.1 Å². The fourth-order valence-corrected chi connectivity index (χ4v) is 8.77. The molecular weight excluding hydrogens is 633 g/mol. The Hall–Kier alpha value is -7.04. The van der Waals surface area contributed by atoms with Gasteiger partial charge in [-0.25, -0.2) is 9.97 Å². The van der Waals surface area contributed by atoms with E-state index >= 15 is 0 Å². The number of hydrogen-bond acceptors (Lipinski definition) is 2. The van der Waals surface area contributed by atoms with Crippen LogP contribution in [0.15, 0.2) is 170 Å². The summed E-state index contributed by atoms with van der Waals surface area (Å²) in [6, 6.07) is 61.3. The highest BCUT2D eigenvalue weighted by Gasteiger charge is 2.28. The summed E-state index contributed by atoms with van der Waals surface area (Å²) in [7, 11) is 0. The van der Waals surface area contributed by atoms with Crippen LogP contribution in [0.2, 0.25) is 0 Å². The lowest BCUT2D eigenvalue weighted by Gasteiger charge is -2.12. The Balaban J connectivity index is 1.23. The van der Waals surface area contributed by atoms with Gasteiger partial charge in [0.1, 0.15) is 5.69 Å². The number of hydrogen-bond donors (Lipinski definition) is 0. The monoisotopic (exact) mass is 660 g/mol. The average molecular weight is 661 g/mol. The molecule has 0 radical (unpaired) electrons. The van der Waals surface area contributed by atoms with Gasteiger partial charge >= 0.3 is 0 Å². The minimum Gasteiger partial charge on any atom is -0.309 e. The minimum absolute atomic E-state index is 0.864. The third kappa shape index (κ3) is 3.70. The fraction of sp³-hybridized carbons (Fsp3) is 0. The molecule has 4 heteroatoms. The Morgan fingerprint density at radius 3 is 1.94 bits per heavy atom. The number of aromatic nitrogens is 4. The van der Waals surface area contributed by atoms with Gasteiger partial charge in [0.2, 0.25) is 0 Å². The van der Waals surface area contributed by atoms with Crippen LogP contribution >= 0.6 is 0 Å². The van der Waals surface area contributed by atoms with Crippen molar-refractivity contribution in [1.29, 1.82) is 0 Å². The van der Waals surface area contributed by atoms with E-state index in [-0.39, 0.29) is 0 Å². The predicted octanol–water partition coefficient (Wildman–Crippen LogP) is 12.3. The van der Waals surface area contributed by atoms with E-state index in [1.807, 2.05) is 12.1 Å². The van der Waals surface area contributed by atoms with E-state index in [1.165, 1.54) is 60.0 Å². The Morgan fingerprint density at radius 2 is 1.06 bits per heavy atom. The highest BCUT2D eigenvalue weighted by Crippen LogP contribution is 2.49. The zero-order valence-corrected chi connectivity index (χ0v) is 28.0. The molecule has 0 unspecified atom stereocenters. The molecule has 0 spiro atoms. The summed E-state index contributed by atoms with van der Waals surface area (Å²) >= 11 is 0. The summed E-state index contributed by atoms with van der Waals surface area (Å²) in [5, 5.41) is 7.39. The highest BCUT2D eigenvalue weighted by molar-refractivity contribution is 6.25. The van der Waals surface area contributed by atoms with E-state index < -0.39 is 0 Å². The Bertz CT molecular complexity index is 3290. The number of para-hydroxylation sites is 4. The molecule has 0 fully saturated rings. The van der Waals surface area contributed by atoms with Gasteiger partial charge in [-0.05, 0) is 88.1 Å². The lowest BCUT2D eigenvalue weighted by atomic mass is 9.91. The zero-order valence-electron chi connectivity index (χ0n) is 28.0. The molecule has 8 aromatic carbocycles. The van der Waals surface area contributed by atoms with Gasteiger partial charge in [-0.3, -0.25) is 4.57 Å². The number of rotatable bonds is 2. The van der Waals surface area contributed by atoms with Crippen molar-refractivity contribution in [2.75, 3.05) is 0 Å². The lowest BCUT2D eigenvalue weighted by molar-refractivity contribution is 1.09. The largest absolute Gasteiger partial charge is 0.309 e. The first-order valence-corrected chi connectivity index (χ1v) is 17.8. The molecule has 1 aliphatic heterocycles.